The van der Waals surface area contributed by atoms with Crippen molar-refractivity contribution in [3.05, 3.63) is 59.4 Å². The third-order valence-electron chi connectivity index (χ3n) is 4.66. The van der Waals surface area contributed by atoms with Crippen LogP contribution in [0.3, 0.4) is 0 Å². The van der Waals surface area contributed by atoms with Crippen molar-refractivity contribution in [3.8, 4) is 5.75 Å². The summed E-state index contributed by atoms with van der Waals surface area (Å²) in [5, 5.41) is 16.8. The largest absolute Gasteiger partial charge is 0.490 e. The van der Waals surface area contributed by atoms with Gasteiger partial charge < -0.3 is 20.5 Å². The van der Waals surface area contributed by atoms with Crippen molar-refractivity contribution in [1.29, 1.82) is 0 Å². The minimum atomic E-state index is -0.632. The molecule has 6 heteroatoms. The topological polar surface area (TPSA) is 78.8 Å². The monoisotopic (exact) mass is 412 g/mol. The van der Waals surface area contributed by atoms with Crippen LogP contribution in [-0.2, 0) is 6.54 Å². The van der Waals surface area contributed by atoms with E-state index in [4.69, 9.17) is 9.73 Å². The van der Waals surface area contributed by atoms with Crippen LogP contribution >= 0.6 is 0 Å². The van der Waals surface area contributed by atoms with Crippen LogP contribution in [0.2, 0.25) is 0 Å². The quantitative estimate of drug-likeness (QED) is 0.406. The average molecular weight is 413 g/mol. The predicted octanol–water partition coefficient (Wildman–Crippen LogP) is 3.99. The molecule has 2 rings (SSSR count). The molecule has 0 aliphatic rings. The first-order valence-corrected chi connectivity index (χ1v) is 10.7. The van der Waals surface area contributed by atoms with Crippen LogP contribution in [0, 0.1) is 12.8 Å². The second-order valence-electron chi connectivity index (χ2n) is 8.04. The Morgan fingerprint density at radius 3 is 2.53 bits per heavy atom. The Bertz CT molecular complexity index is 793. The van der Waals surface area contributed by atoms with Crippen molar-refractivity contribution in [3.63, 3.8) is 0 Å². The number of aliphatic hydroxyl groups excluding tert-OH is 1. The molecule has 6 nitrogen and oxygen atoms in total. The minimum absolute atomic E-state index is 0.149. The summed E-state index contributed by atoms with van der Waals surface area (Å²) in [6.07, 6.45) is 3.88. The van der Waals surface area contributed by atoms with Crippen LogP contribution in [0.15, 0.2) is 47.7 Å². The minimum Gasteiger partial charge on any atom is -0.490 e. The standard InChI is InChI=1S/C24H36N4O2/c1-6-26-24(28-16-22(29)20-9-11-25-12-10-20)27-15-21-8-7-18(4)14-23(21)30-19(5)13-17(2)3/h7-12,14,17,19,22,29H,6,13,15-16H2,1-5H3,(H2,26,27,28). The molecule has 164 valence electrons. The highest BCUT2D eigenvalue weighted by atomic mass is 16.5. The van der Waals surface area contributed by atoms with E-state index in [0.29, 0.717) is 25.0 Å². The average Bonchev–Trinajstić information content (AvgIpc) is 2.71. The first-order chi connectivity index (χ1) is 14.4. The number of hydrogen-bond donors (Lipinski definition) is 3. The zero-order chi connectivity index (χ0) is 21.9. The van der Waals surface area contributed by atoms with Crippen molar-refractivity contribution in [1.82, 2.24) is 15.6 Å². The van der Waals surface area contributed by atoms with Gasteiger partial charge in [-0.25, -0.2) is 4.99 Å². The van der Waals surface area contributed by atoms with Gasteiger partial charge in [-0.3, -0.25) is 4.98 Å². The summed E-state index contributed by atoms with van der Waals surface area (Å²) in [6.45, 7) is 12.2. The van der Waals surface area contributed by atoms with Crippen LogP contribution in [0.5, 0.6) is 5.75 Å². The molecule has 2 aromatic rings. The van der Waals surface area contributed by atoms with Gasteiger partial charge in [-0.05, 0) is 62.4 Å². The second kappa shape index (κ2) is 12.2. The van der Waals surface area contributed by atoms with E-state index in [0.717, 1.165) is 29.8 Å². The van der Waals surface area contributed by atoms with Gasteiger partial charge in [0.2, 0.25) is 0 Å². The molecule has 0 amide bonds. The normalized spacial score (nSPS) is 13.8. The maximum atomic E-state index is 10.4. The van der Waals surface area contributed by atoms with Crippen molar-refractivity contribution in [2.45, 2.75) is 59.8 Å². The molecule has 0 saturated carbocycles. The lowest BCUT2D eigenvalue weighted by atomic mass is 10.1. The number of nitrogens with one attached hydrogen (secondary N) is 2. The molecule has 0 aliphatic heterocycles. The summed E-state index contributed by atoms with van der Waals surface area (Å²) >= 11 is 0. The number of aromatic nitrogens is 1. The van der Waals surface area contributed by atoms with Gasteiger partial charge in [0, 0.05) is 31.0 Å². The Kier molecular flexibility index (Phi) is 9.61. The molecular weight excluding hydrogens is 376 g/mol. The Balaban J connectivity index is 2.06. The number of aryl methyl sites for hydroxylation is 1. The molecule has 1 aromatic heterocycles. The van der Waals surface area contributed by atoms with Gasteiger partial charge in [0.1, 0.15) is 5.75 Å². The molecule has 1 heterocycles. The molecule has 0 bridgehead atoms. The molecule has 0 aliphatic carbocycles. The molecule has 0 spiro atoms. The van der Waals surface area contributed by atoms with Gasteiger partial charge >= 0.3 is 0 Å². The van der Waals surface area contributed by atoms with Crippen molar-refractivity contribution < 1.29 is 9.84 Å². The van der Waals surface area contributed by atoms with Crippen LogP contribution < -0.4 is 15.4 Å². The maximum absolute atomic E-state index is 10.4. The number of nitrogens with zero attached hydrogens (tertiary/aromatic N) is 2. The number of ether oxygens (including phenoxy) is 1. The lowest BCUT2D eigenvalue weighted by molar-refractivity contribution is 0.180. The van der Waals surface area contributed by atoms with E-state index in [-0.39, 0.29) is 6.10 Å². The van der Waals surface area contributed by atoms with E-state index in [1.165, 1.54) is 5.56 Å². The molecular formula is C24H36N4O2. The SMILES string of the molecule is CCNC(=NCc1ccc(C)cc1OC(C)CC(C)C)NCC(O)c1ccncc1. The van der Waals surface area contributed by atoms with E-state index in [1.54, 1.807) is 12.4 Å². The van der Waals surface area contributed by atoms with Gasteiger partial charge in [0.15, 0.2) is 5.96 Å². The summed E-state index contributed by atoms with van der Waals surface area (Å²) in [5.74, 6) is 2.13. The fourth-order valence-electron chi connectivity index (χ4n) is 3.23. The molecule has 3 N–H and O–H groups in total. The van der Waals surface area contributed by atoms with Gasteiger partial charge in [0.25, 0.3) is 0 Å². The molecule has 0 fully saturated rings. The summed E-state index contributed by atoms with van der Waals surface area (Å²) in [4.78, 5) is 8.69. The first kappa shape index (κ1) is 23.7. The number of hydrogen-bond acceptors (Lipinski definition) is 4. The van der Waals surface area contributed by atoms with Gasteiger partial charge in [0.05, 0.1) is 18.8 Å². The van der Waals surface area contributed by atoms with E-state index in [2.05, 4.69) is 61.5 Å². The lowest BCUT2D eigenvalue weighted by Crippen LogP contribution is -2.39. The van der Waals surface area contributed by atoms with Gasteiger partial charge in [-0.1, -0.05) is 26.0 Å². The third kappa shape index (κ3) is 8.03. The van der Waals surface area contributed by atoms with Gasteiger partial charge in [-0.15, -0.1) is 0 Å². The second-order valence-corrected chi connectivity index (χ2v) is 8.04. The van der Waals surface area contributed by atoms with Crippen molar-refractivity contribution >= 4 is 5.96 Å². The molecule has 0 saturated heterocycles. The summed E-state index contributed by atoms with van der Waals surface area (Å²) in [7, 11) is 0. The number of benzene rings is 1. The summed E-state index contributed by atoms with van der Waals surface area (Å²) < 4.78 is 6.23. The van der Waals surface area contributed by atoms with E-state index in [9.17, 15) is 5.11 Å². The molecule has 0 radical (unpaired) electrons. The number of guanidine groups is 1. The number of rotatable bonds is 10. The van der Waals surface area contributed by atoms with Crippen LogP contribution in [0.4, 0.5) is 0 Å². The number of aliphatic imine (C=N–C) groups is 1. The Morgan fingerprint density at radius 1 is 1.13 bits per heavy atom. The fraction of sp³-hybridized carbons (Fsp3) is 0.500. The van der Waals surface area contributed by atoms with E-state index < -0.39 is 6.10 Å². The van der Waals surface area contributed by atoms with Gasteiger partial charge in [-0.2, -0.15) is 0 Å². The molecule has 1 aromatic carbocycles. The van der Waals surface area contributed by atoms with Crippen LogP contribution in [0.1, 0.15) is 56.9 Å². The van der Waals surface area contributed by atoms with Crippen LogP contribution in [0.25, 0.3) is 0 Å². The zero-order valence-electron chi connectivity index (χ0n) is 18.9. The molecule has 30 heavy (non-hydrogen) atoms. The number of pyridine rings is 1. The van der Waals surface area contributed by atoms with Crippen molar-refractivity contribution in [2.75, 3.05) is 13.1 Å². The Morgan fingerprint density at radius 2 is 1.87 bits per heavy atom. The highest BCUT2D eigenvalue weighted by Gasteiger charge is 2.12. The Hall–Kier alpha value is -2.60. The lowest BCUT2D eigenvalue weighted by Gasteiger charge is -2.19. The fourth-order valence-corrected chi connectivity index (χ4v) is 3.23. The van der Waals surface area contributed by atoms with Crippen molar-refractivity contribution in [2.24, 2.45) is 10.9 Å². The molecule has 2 unspecified atom stereocenters. The Labute approximate surface area is 180 Å². The van der Waals surface area contributed by atoms with E-state index in [1.807, 2.05) is 19.1 Å². The molecule has 2 atom stereocenters. The van der Waals surface area contributed by atoms with Crippen LogP contribution in [-0.4, -0.2) is 35.2 Å². The first-order valence-electron chi connectivity index (χ1n) is 10.7. The van der Waals surface area contributed by atoms with E-state index >= 15 is 0 Å². The predicted molar refractivity (Wildman–Crippen MR) is 123 cm³/mol. The summed E-state index contributed by atoms with van der Waals surface area (Å²) in [5.41, 5.74) is 3.03. The zero-order valence-corrected chi connectivity index (χ0v) is 18.9. The highest BCUT2D eigenvalue weighted by Crippen LogP contribution is 2.24. The highest BCUT2D eigenvalue weighted by molar-refractivity contribution is 5.79. The smallest absolute Gasteiger partial charge is 0.191 e. The number of aliphatic hydroxyl groups is 1. The summed E-state index contributed by atoms with van der Waals surface area (Å²) in [6, 6.07) is 9.86. The maximum Gasteiger partial charge on any atom is 0.191 e. The third-order valence-corrected chi connectivity index (χ3v) is 4.66.